The van der Waals surface area contributed by atoms with E-state index in [0.29, 0.717) is 24.0 Å². The van der Waals surface area contributed by atoms with E-state index in [0.717, 1.165) is 37.3 Å². The minimum Gasteiger partial charge on any atom is -0.384 e. The normalized spacial score (nSPS) is 21.0. The second-order valence-electron chi connectivity index (χ2n) is 6.69. The number of hydrogen-bond acceptors (Lipinski definition) is 3. The highest BCUT2D eigenvalue weighted by Crippen LogP contribution is 2.32. The van der Waals surface area contributed by atoms with Crippen molar-refractivity contribution in [1.82, 2.24) is 15.5 Å². The van der Waals surface area contributed by atoms with Crippen LogP contribution in [0.5, 0.6) is 0 Å². The zero-order valence-electron chi connectivity index (χ0n) is 14.5. The summed E-state index contributed by atoms with van der Waals surface area (Å²) >= 11 is 0. The van der Waals surface area contributed by atoms with Gasteiger partial charge in [-0.25, -0.2) is 8.78 Å². The topological polar surface area (TPSA) is 49.9 Å². The van der Waals surface area contributed by atoms with Gasteiger partial charge in [0, 0.05) is 44.7 Å². The predicted molar refractivity (Wildman–Crippen MR) is 93.3 cm³/mol. The first-order valence-corrected chi connectivity index (χ1v) is 8.76. The number of hydrogen-bond donors (Lipinski definition) is 2. The lowest BCUT2D eigenvalue weighted by Gasteiger charge is -2.29. The molecule has 25 heavy (non-hydrogen) atoms. The van der Waals surface area contributed by atoms with Gasteiger partial charge in [-0.15, -0.1) is 0 Å². The van der Waals surface area contributed by atoms with Gasteiger partial charge in [-0.05, 0) is 29.5 Å². The number of piperidine rings is 1. The van der Waals surface area contributed by atoms with Gasteiger partial charge in [0.2, 0.25) is 6.43 Å². The maximum atomic E-state index is 12.5. The molecule has 2 atom stereocenters. The van der Waals surface area contributed by atoms with Crippen LogP contribution in [0.1, 0.15) is 40.8 Å². The molecule has 1 aromatic carbocycles. The summed E-state index contributed by atoms with van der Waals surface area (Å²) in [5, 5.41) is 11.0. The Hall–Kier alpha value is -1.79. The van der Waals surface area contributed by atoms with Gasteiger partial charge in [-0.2, -0.15) is 5.10 Å². The van der Waals surface area contributed by atoms with Crippen LogP contribution in [-0.4, -0.2) is 43.4 Å². The number of rotatable bonds is 7. The molecule has 1 aromatic heterocycles. The second-order valence-corrected chi connectivity index (χ2v) is 6.69. The van der Waals surface area contributed by atoms with E-state index in [1.54, 1.807) is 7.11 Å². The Morgan fingerprint density at radius 1 is 1.20 bits per heavy atom. The molecule has 0 aliphatic carbocycles. The minimum atomic E-state index is -2.29. The van der Waals surface area contributed by atoms with E-state index in [1.165, 1.54) is 5.56 Å². The molecule has 0 saturated carbocycles. The maximum Gasteiger partial charge on any atom is 0.242 e. The summed E-state index contributed by atoms with van der Waals surface area (Å²) in [5.74, 6) is 0.727. The van der Waals surface area contributed by atoms with Crippen LogP contribution in [0.25, 0.3) is 0 Å². The summed E-state index contributed by atoms with van der Waals surface area (Å²) in [6, 6.07) is 9.74. The lowest BCUT2D eigenvalue weighted by Crippen LogP contribution is -2.34. The summed E-state index contributed by atoms with van der Waals surface area (Å²) in [5.41, 5.74) is 4.06. The van der Waals surface area contributed by atoms with Gasteiger partial charge in [0.15, 0.2) is 0 Å². The first-order valence-electron chi connectivity index (χ1n) is 8.76. The number of aromatic amines is 1. The van der Waals surface area contributed by atoms with Gasteiger partial charge in [0.1, 0.15) is 0 Å². The highest BCUT2D eigenvalue weighted by molar-refractivity contribution is 5.28. The zero-order chi connectivity index (χ0) is 17.6. The molecule has 3 rings (SSSR count). The van der Waals surface area contributed by atoms with E-state index < -0.39 is 6.43 Å². The number of aromatic nitrogens is 2. The van der Waals surface area contributed by atoms with Crippen LogP contribution in [0.3, 0.4) is 0 Å². The maximum absolute atomic E-state index is 12.5. The molecule has 1 fully saturated rings. The fraction of sp³-hybridized carbons (Fsp3) is 0.526. The fourth-order valence-corrected chi connectivity index (χ4v) is 3.45. The van der Waals surface area contributed by atoms with Crippen molar-refractivity contribution in [2.45, 2.75) is 37.5 Å². The number of benzene rings is 1. The van der Waals surface area contributed by atoms with Crippen molar-refractivity contribution in [3.05, 3.63) is 52.8 Å². The summed E-state index contributed by atoms with van der Waals surface area (Å²) in [7, 11) is 1.69. The quantitative estimate of drug-likeness (QED) is 0.807. The van der Waals surface area contributed by atoms with Crippen molar-refractivity contribution >= 4 is 0 Å². The molecule has 1 saturated heterocycles. The Morgan fingerprint density at radius 3 is 2.68 bits per heavy atom. The lowest BCUT2D eigenvalue weighted by atomic mass is 9.83. The molecule has 6 heteroatoms. The molecule has 2 aromatic rings. The number of H-pyrrole nitrogens is 1. The fourth-order valence-electron chi connectivity index (χ4n) is 3.45. The van der Waals surface area contributed by atoms with E-state index in [2.05, 4.69) is 21.6 Å². The molecular formula is C19H25F2N3O. The summed E-state index contributed by atoms with van der Waals surface area (Å²) in [6.45, 7) is 2.50. The molecule has 0 bridgehead atoms. The van der Waals surface area contributed by atoms with E-state index in [9.17, 15) is 8.78 Å². The lowest BCUT2D eigenvalue weighted by molar-refractivity contribution is 0.149. The predicted octanol–water partition coefficient (Wildman–Crippen LogP) is 3.27. The van der Waals surface area contributed by atoms with Crippen molar-refractivity contribution in [3.8, 4) is 0 Å². The Bertz CT molecular complexity index is 657. The molecule has 136 valence electrons. The van der Waals surface area contributed by atoms with Gasteiger partial charge >= 0.3 is 0 Å². The molecular weight excluding hydrogens is 324 g/mol. The van der Waals surface area contributed by atoms with Crippen molar-refractivity contribution < 1.29 is 13.5 Å². The molecule has 0 spiro atoms. The van der Waals surface area contributed by atoms with Crippen molar-refractivity contribution in [2.75, 3.05) is 26.8 Å². The van der Waals surface area contributed by atoms with Crippen LogP contribution >= 0.6 is 0 Å². The monoisotopic (exact) mass is 349 g/mol. The molecule has 2 unspecified atom stereocenters. The Morgan fingerprint density at radius 2 is 1.96 bits per heavy atom. The third-order valence-corrected chi connectivity index (χ3v) is 4.84. The van der Waals surface area contributed by atoms with Crippen LogP contribution in [-0.2, 0) is 17.6 Å². The highest BCUT2D eigenvalue weighted by Gasteiger charge is 2.25. The molecule has 0 amide bonds. The van der Waals surface area contributed by atoms with Crippen LogP contribution in [0, 0.1) is 0 Å². The van der Waals surface area contributed by atoms with Crippen LogP contribution < -0.4 is 5.32 Å². The third-order valence-electron chi connectivity index (χ3n) is 4.84. The van der Waals surface area contributed by atoms with Gasteiger partial charge < -0.3 is 10.1 Å². The number of methoxy groups -OCH3 is 1. The number of nitrogens with one attached hydrogen (secondary N) is 2. The standard InChI is InChI=1S/C19H25F2N3O/c1-25-7-6-17-10-18(24-23-17)16-9-15(11-22-12-16)14-4-2-13(3-5-14)8-19(20)21/h2-5,10,15-16,19,22H,6-9,11-12H2,1H3,(H,23,24). The van der Waals surface area contributed by atoms with Gasteiger partial charge in [0.05, 0.1) is 12.3 Å². The summed E-state index contributed by atoms with van der Waals surface area (Å²) in [6.07, 6.45) is -0.629. The molecule has 1 aliphatic rings. The van der Waals surface area contributed by atoms with Crippen LogP contribution in [0.4, 0.5) is 8.78 Å². The number of nitrogens with zero attached hydrogens (tertiary/aromatic N) is 1. The molecule has 1 aliphatic heterocycles. The molecule has 2 heterocycles. The number of ether oxygens (including phenoxy) is 1. The third kappa shape index (κ3) is 4.86. The number of alkyl halides is 2. The van der Waals surface area contributed by atoms with E-state index in [-0.39, 0.29) is 6.42 Å². The molecule has 2 N–H and O–H groups in total. The van der Waals surface area contributed by atoms with E-state index in [1.807, 2.05) is 24.3 Å². The number of halogens is 2. The van der Waals surface area contributed by atoms with E-state index in [4.69, 9.17) is 4.74 Å². The average Bonchev–Trinajstić information content (AvgIpc) is 3.09. The largest absolute Gasteiger partial charge is 0.384 e. The minimum absolute atomic E-state index is 0.177. The van der Waals surface area contributed by atoms with Crippen molar-refractivity contribution in [1.29, 1.82) is 0 Å². The molecule has 0 radical (unpaired) electrons. The average molecular weight is 349 g/mol. The zero-order valence-corrected chi connectivity index (χ0v) is 14.5. The Kier molecular flexibility index (Phi) is 6.15. The van der Waals surface area contributed by atoms with Gasteiger partial charge in [-0.3, -0.25) is 5.10 Å². The smallest absolute Gasteiger partial charge is 0.242 e. The SMILES string of the molecule is COCCc1cc(C2CNCC(c3ccc(CC(F)F)cc3)C2)n[nH]1. The van der Waals surface area contributed by atoms with Crippen molar-refractivity contribution in [3.63, 3.8) is 0 Å². The Balaban J connectivity index is 1.63. The van der Waals surface area contributed by atoms with Crippen molar-refractivity contribution in [2.24, 2.45) is 0 Å². The Labute approximate surface area is 147 Å². The summed E-state index contributed by atoms with van der Waals surface area (Å²) in [4.78, 5) is 0. The first-order chi connectivity index (χ1) is 12.2. The molecule has 4 nitrogen and oxygen atoms in total. The van der Waals surface area contributed by atoms with Gasteiger partial charge in [0.25, 0.3) is 0 Å². The first kappa shape index (κ1) is 18.0. The second kappa shape index (κ2) is 8.54. The highest BCUT2D eigenvalue weighted by atomic mass is 19.3. The summed E-state index contributed by atoms with van der Waals surface area (Å²) < 4.78 is 30.0. The van der Waals surface area contributed by atoms with Crippen LogP contribution in [0.2, 0.25) is 0 Å². The van der Waals surface area contributed by atoms with Crippen LogP contribution in [0.15, 0.2) is 30.3 Å². The van der Waals surface area contributed by atoms with Gasteiger partial charge in [-0.1, -0.05) is 24.3 Å². The van der Waals surface area contributed by atoms with E-state index >= 15 is 0 Å².